The molecule has 0 aliphatic rings. The van der Waals surface area contributed by atoms with Crippen LogP contribution in [-0.2, 0) is 11.3 Å². The molecule has 26 heavy (non-hydrogen) atoms. The number of likely N-dealkylation sites (N-methyl/N-ethyl adjacent to an activating group) is 1. The van der Waals surface area contributed by atoms with E-state index in [1.807, 2.05) is 30.7 Å². The molecule has 2 rings (SSSR count). The van der Waals surface area contributed by atoms with E-state index in [0.717, 1.165) is 11.3 Å². The molecule has 0 saturated carbocycles. The van der Waals surface area contributed by atoms with Crippen LogP contribution >= 0.6 is 11.3 Å². The van der Waals surface area contributed by atoms with Crippen LogP contribution in [-0.4, -0.2) is 43.6 Å². The van der Waals surface area contributed by atoms with E-state index in [-0.39, 0.29) is 24.6 Å². The summed E-state index contributed by atoms with van der Waals surface area (Å²) in [6, 6.07) is 8.98. The van der Waals surface area contributed by atoms with Crippen molar-refractivity contribution < 1.29 is 14.3 Å². The van der Waals surface area contributed by atoms with Gasteiger partial charge in [-0.25, -0.2) is 4.79 Å². The standard InChI is InChI=1S/C19H25N3O3S/c1-14(2)20-19(24)22(4)16-5-7-17(8-6-16)25-12-18(23)21(3)11-15-9-10-26-13-15/h5-10,13-14H,11-12H2,1-4H3,(H,20,24). The van der Waals surface area contributed by atoms with Crippen LogP contribution in [0.4, 0.5) is 10.5 Å². The van der Waals surface area contributed by atoms with E-state index in [0.29, 0.717) is 12.3 Å². The molecule has 2 aromatic rings. The Bertz CT molecular complexity index is 714. The largest absolute Gasteiger partial charge is 0.484 e. The quantitative estimate of drug-likeness (QED) is 0.807. The number of hydrogen-bond acceptors (Lipinski definition) is 4. The Balaban J connectivity index is 1.84. The fourth-order valence-electron chi connectivity index (χ4n) is 2.23. The lowest BCUT2D eigenvalue weighted by atomic mass is 10.3. The number of thiophene rings is 1. The van der Waals surface area contributed by atoms with Crippen LogP contribution in [0.3, 0.4) is 0 Å². The Morgan fingerprint density at radius 2 is 1.85 bits per heavy atom. The zero-order valence-corrected chi connectivity index (χ0v) is 16.4. The number of nitrogens with zero attached hydrogens (tertiary/aromatic N) is 2. The zero-order valence-electron chi connectivity index (χ0n) is 15.6. The summed E-state index contributed by atoms with van der Waals surface area (Å²) in [7, 11) is 3.46. The topological polar surface area (TPSA) is 61.9 Å². The molecule has 0 radical (unpaired) electrons. The number of amides is 3. The van der Waals surface area contributed by atoms with E-state index in [1.54, 1.807) is 54.6 Å². The molecule has 1 N–H and O–H groups in total. The van der Waals surface area contributed by atoms with Crippen LogP contribution in [0, 0.1) is 0 Å². The summed E-state index contributed by atoms with van der Waals surface area (Å²) < 4.78 is 5.56. The van der Waals surface area contributed by atoms with E-state index in [1.165, 1.54) is 4.90 Å². The molecule has 0 saturated heterocycles. The van der Waals surface area contributed by atoms with E-state index in [9.17, 15) is 9.59 Å². The van der Waals surface area contributed by atoms with Crippen molar-refractivity contribution in [2.75, 3.05) is 25.6 Å². The zero-order chi connectivity index (χ0) is 19.1. The lowest BCUT2D eigenvalue weighted by Crippen LogP contribution is -2.40. The minimum Gasteiger partial charge on any atom is -0.484 e. The van der Waals surface area contributed by atoms with Crippen LogP contribution in [0.25, 0.3) is 0 Å². The minimum atomic E-state index is -0.168. The Kier molecular flexibility index (Phi) is 7.03. The summed E-state index contributed by atoms with van der Waals surface area (Å²) in [5.41, 5.74) is 1.86. The Hall–Kier alpha value is -2.54. The normalized spacial score (nSPS) is 10.5. The second-order valence-electron chi connectivity index (χ2n) is 6.33. The third-order valence-corrected chi connectivity index (χ3v) is 4.46. The maximum atomic E-state index is 12.2. The minimum absolute atomic E-state index is 0.0241. The summed E-state index contributed by atoms with van der Waals surface area (Å²) in [5.74, 6) is 0.498. The molecule has 1 heterocycles. The fourth-order valence-corrected chi connectivity index (χ4v) is 2.89. The first-order valence-corrected chi connectivity index (χ1v) is 9.33. The van der Waals surface area contributed by atoms with Gasteiger partial charge in [-0.15, -0.1) is 0 Å². The summed E-state index contributed by atoms with van der Waals surface area (Å²) in [6.45, 7) is 4.37. The van der Waals surface area contributed by atoms with Crippen LogP contribution in [0.1, 0.15) is 19.4 Å². The van der Waals surface area contributed by atoms with Crippen LogP contribution in [0.2, 0.25) is 0 Å². The summed E-state index contributed by atoms with van der Waals surface area (Å²) in [5, 5.41) is 6.85. The first-order valence-electron chi connectivity index (χ1n) is 8.39. The first kappa shape index (κ1) is 19.8. The highest BCUT2D eigenvalue weighted by Crippen LogP contribution is 2.19. The van der Waals surface area contributed by atoms with Crippen molar-refractivity contribution in [2.24, 2.45) is 0 Å². The number of rotatable bonds is 7. The summed E-state index contributed by atoms with van der Waals surface area (Å²) >= 11 is 1.61. The molecule has 0 aliphatic carbocycles. The number of ether oxygens (including phenoxy) is 1. The number of benzene rings is 1. The molecule has 0 aliphatic heterocycles. The van der Waals surface area contributed by atoms with Crippen molar-refractivity contribution in [3.63, 3.8) is 0 Å². The van der Waals surface area contributed by atoms with Crippen LogP contribution in [0.5, 0.6) is 5.75 Å². The smallest absolute Gasteiger partial charge is 0.321 e. The van der Waals surface area contributed by atoms with Crippen LogP contribution in [0.15, 0.2) is 41.1 Å². The summed E-state index contributed by atoms with van der Waals surface area (Å²) in [4.78, 5) is 27.3. The predicted molar refractivity (Wildman–Crippen MR) is 105 cm³/mol. The average Bonchev–Trinajstić information content (AvgIpc) is 3.11. The number of nitrogens with one attached hydrogen (secondary N) is 1. The van der Waals surface area contributed by atoms with Crippen molar-refractivity contribution in [1.29, 1.82) is 0 Å². The van der Waals surface area contributed by atoms with Crippen molar-refractivity contribution in [2.45, 2.75) is 26.4 Å². The molecule has 0 fully saturated rings. The lowest BCUT2D eigenvalue weighted by Gasteiger charge is -2.20. The van der Waals surface area contributed by atoms with Gasteiger partial charge in [0, 0.05) is 32.4 Å². The van der Waals surface area contributed by atoms with Gasteiger partial charge in [0.1, 0.15) is 5.75 Å². The van der Waals surface area contributed by atoms with E-state index in [2.05, 4.69) is 5.32 Å². The monoisotopic (exact) mass is 375 g/mol. The highest BCUT2D eigenvalue weighted by atomic mass is 32.1. The Morgan fingerprint density at radius 3 is 2.42 bits per heavy atom. The predicted octanol–water partition coefficient (Wildman–Crippen LogP) is 3.34. The number of carbonyl (C=O) groups is 2. The van der Waals surface area contributed by atoms with Gasteiger partial charge in [-0.3, -0.25) is 9.69 Å². The summed E-state index contributed by atoms with van der Waals surface area (Å²) in [6.07, 6.45) is 0. The van der Waals surface area contributed by atoms with Gasteiger partial charge in [0.2, 0.25) is 0 Å². The van der Waals surface area contributed by atoms with E-state index < -0.39 is 0 Å². The van der Waals surface area contributed by atoms with Gasteiger partial charge >= 0.3 is 6.03 Å². The second kappa shape index (κ2) is 9.24. The lowest BCUT2D eigenvalue weighted by molar-refractivity contribution is -0.132. The molecule has 0 bridgehead atoms. The van der Waals surface area contributed by atoms with Gasteiger partial charge in [-0.1, -0.05) is 0 Å². The van der Waals surface area contributed by atoms with Gasteiger partial charge in [-0.05, 0) is 60.5 Å². The molecule has 0 unspecified atom stereocenters. The third kappa shape index (κ3) is 5.77. The maximum Gasteiger partial charge on any atom is 0.321 e. The van der Waals surface area contributed by atoms with Gasteiger partial charge < -0.3 is 15.0 Å². The highest BCUT2D eigenvalue weighted by molar-refractivity contribution is 7.07. The highest BCUT2D eigenvalue weighted by Gasteiger charge is 2.13. The van der Waals surface area contributed by atoms with Gasteiger partial charge in [0.25, 0.3) is 5.91 Å². The van der Waals surface area contributed by atoms with Crippen LogP contribution < -0.4 is 15.0 Å². The molecule has 1 aromatic carbocycles. The van der Waals surface area contributed by atoms with Crippen molar-refractivity contribution in [3.8, 4) is 5.75 Å². The van der Waals surface area contributed by atoms with Crippen molar-refractivity contribution in [3.05, 3.63) is 46.7 Å². The van der Waals surface area contributed by atoms with Crippen molar-refractivity contribution in [1.82, 2.24) is 10.2 Å². The fraction of sp³-hybridized carbons (Fsp3) is 0.368. The molecule has 0 atom stereocenters. The SMILES string of the molecule is CC(C)NC(=O)N(C)c1ccc(OCC(=O)N(C)Cc2ccsc2)cc1. The number of anilines is 1. The number of carbonyl (C=O) groups excluding carboxylic acids is 2. The van der Waals surface area contributed by atoms with Crippen molar-refractivity contribution >= 4 is 29.0 Å². The van der Waals surface area contributed by atoms with Gasteiger partial charge in [-0.2, -0.15) is 11.3 Å². The maximum absolute atomic E-state index is 12.2. The first-order chi connectivity index (χ1) is 12.4. The molecular formula is C19H25N3O3S. The number of urea groups is 1. The molecule has 6 nitrogen and oxygen atoms in total. The molecule has 1 aromatic heterocycles. The molecule has 3 amide bonds. The van der Waals surface area contributed by atoms with Gasteiger partial charge in [0.15, 0.2) is 6.61 Å². The molecule has 0 spiro atoms. The third-order valence-electron chi connectivity index (χ3n) is 3.73. The Morgan fingerprint density at radius 1 is 1.15 bits per heavy atom. The molecular weight excluding hydrogens is 350 g/mol. The molecule has 7 heteroatoms. The van der Waals surface area contributed by atoms with Gasteiger partial charge in [0.05, 0.1) is 0 Å². The average molecular weight is 375 g/mol. The number of hydrogen-bond donors (Lipinski definition) is 1. The van der Waals surface area contributed by atoms with E-state index in [4.69, 9.17) is 4.74 Å². The second-order valence-corrected chi connectivity index (χ2v) is 7.11. The van der Waals surface area contributed by atoms with E-state index >= 15 is 0 Å². The Labute approximate surface area is 158 Å². The molecule has 140 valence electrons.